The summed E-state index contributed by atoms with van der Waals surface area (Å²) in [5.41, 5.74) is 2.60. The summed E-state index contributed by atoms with van der Waals surface area (Å²) in [6.07, 6.45) is 2.77. The van der Waals surface area contributed by atoms with Crippen LogP contribution in [0.4, 0.5) is 0 Å². The molecule has 4 aliphatic heterocycles. The van der Waals surface area contributed by atoms with Crippen molar-refractivity contribution in [2.75, 3.05) is 27.6 Å². The van der Waals surface area contributed by atoms with Crippen molar-refractivity contribution >= 4 is 0 Å². The molecule has 6 rings (SSSR count). The van der Waals surface area contributed by atoms with E-state index in [0.29, 0.717) is 6.04 Å². The Morgan fingerprint density at radius 3 is 3.04 bits per heavy atom. The first-order valence-corrected chi connectivity index (χ1v) is 8.70. The molecule has 5 aliphatic rings. The van der Waals surface area contributed by atoms with Gasteiger partial charge in [0.15, 0.2) is 11.5 Å². The Morgan fingerprint density at radius 1 is 1.29 bits per heavy atom. The second-order valence-corrected chi connectivity index (χ2v) is 7.49. The maximum atomic E-state index is 6.17. The van der Waals surface area contributed by atoms with Gasteiger partial charge < -0.3 is 23.7 Å². The van der Waals surface area contributed by atoms with Gasteiger partial charge in [0.1, 0.15) is 6.10 Å². The molecule has 24 heavy (non-hydrogen) atoms. The lowest BCUT2D eigenvalue weighted by atomic mass is 9.62. The van der Waals surface area contributed by atoms with Crippen LogP contribution in [0.1, 0.15) is 24.0 Å². The van der Waals surface area contributed by atoms with Crippen LogP contribution in [0, 0.1) is 0 Å². The predicted molar refractivity (Wildman–Crippen MR) is 83.7 cm³/mol. The number of methoxy groups -OCH3 is 2. The Labute approximate surface area is 140 Å². The molecule has 2 bridgehead atoms. The third kappa shape index (κ3) is 1.40. The molecule has 0 amide bonds. The summed E-state index contributed by atoms with van der Waals surface area (Å²) in [5.74, 6) is 2.42. The van der Waals surface area contributed by atoms with Crippen molar-refractivity contribution in [2.24, 2.45) is 0 Å². The van der Waals surface area contributed by atoms with Gasteiger partial charge in [0.25, 0.3) is 0 Å². The van der Waals surface area contributed by atoms with Crippen LogP contribution >= 0.6 is 0 Å². The van der Waals surface area contributed by atoms with E-state index in [1.165, 1.54) is 11.1 Å². The highest BCUT2D eigenvalue weighted by molar-refractivity contribution is 5.65. The predicted octanol–water partition coefficient (Wildman–Crippen LogP) is 1.44. The number of ether oxygens (including phenoxy) is 5. The Hall–Kier alpha value is -1.50. The molecule has 0 N–H and O–H groups in total. The molecule has 1 aromatic rings. The second-order valence-electron chi connectivity index (χ2n) is 7.49. The molecule has 1 saturated carbocycles. The SMILES string of the molecule is COc1c2c(cc3c1[C@@]14CCN(C3)[C@@H]1C[C@@H](OC)[C@@H]1O[C@@H]14)OCO2. The van der Waals surface area contributed by atoms with Crippen LogP contribution in [0.5, 0.6) is 17.2 Å². The van der Waals surface area contributed by atoms with E-state index in [1.807, 2.05) is 0 Å². The maximum absolute atomic E-state index is 6.17. The van der Waals surface area contributed by atoms with E-state index in [9.17, 15) is 0 Å². The van der Waals surface area contributed by atoms with Crippen LogP contribution in [0.2, 0.25) is 0 Å². The second kappa shape index (κ2) is 4.36. The highest BCUT2D eigenvalue weighted by atomic mass is 16.7. The van der Waals surface area contributed by atoms with E-state index in [1.54, 1.807) is 14.2 Å². The van der Waals surface area contributed by atoms with Gasteiger partial charge in [-0.15, -0.1) is 0 Å². The van der Waals surface area contributed by atoms with Gasteiger partial charge in [-0.1, -0.05) is 0 Å². The lowest BCUT2D eigenvalue weighted by Gasteiger charge is -2.47. The van der Waals surface area contributed by atoms with Crippen LogP contribution in [0.15, 0.2) is 6.07 Å². The zero-order valence-corrected chi connectivity index (χ0v) is 13.9. The molecule has 4 heterocycles. The van der Waals surface area contributed by atoms with Crippen molar-refractivity contribution in [1.82, 2.24) is 4.90 Å². The molecule has 0 aromatic heterocycles. The van der Waals surface area contributed by atoms with Gasteiger partial charge in [-0.25, -0.2) is 0 Å². The minimum absolute atomic E-state index is 0.000394. The van der Waals surface area contributed by atoms with Crippen LogP contribution in [-0.4, -0.2) is 56.8 Å². The van der Waals surface area contributed by atoms with Crippen molar-refractivity contribution in [3.05, 3.63) is 17.2 Å². The third-order valence-corrected chi connectivity index (χ3v) is 6.75. The Bertz CT molecular complexity index is 737. The molecular formula is C18H21NO5. The first-order valence-electron chi connectivity index (χ1n) is 8.70. The van der Waals surface area contributed by atoms with Crippen LogP contribution in [0.25, 0.3) is 0 Å². The summed E-state index contributed by atoms with van der Waals surface area (Å²) < 4.78 is 29.1. The maximum Gasteiger partial charge on any atom is 0.231 e. The van der Waals surface area contributed by atoms with Gasteiger partial charge in [0, 0.05) is 30.7 Å². The largest absolute Gasteiger partial charge is 0.492 e. The van der Waals surface area contributed by atoms with Gasteiger partial charge in [-0.2, -0.15) is 0 Å². The summed E-state index contributed by atoms with van der Waals surface area (Å²) >= 11 is 0. The highest BCUT2D eigenvalue weighted by Gasteiger charge is 2.71. The molecular weight excluding hydrogens is 310 g/mol. The molecule has 0 spiro atoms. The number of hydrogen-bond donors (Lipinski definition) is 0. The molecule has 1 aromatic carbocycles. The number of fused-ring (bicyclic) bond motifs is 3. The van der Waals surface area contributed by atoms with E-state index in [-0.39, 0.29) is 30.5 Å². The Kier molecular flexibility index (Phi) is 2.50. The summed E-state index contributed by atoms with van der Waals surface area (Å²) in [6, 6.07) is 2.60. The monoisotopic (exact) mass is 331 g/mol. The van der Waals surface area contributed by atoms with Crippen molar-refractivity contribution in [3.8, 4) is 17.2 Å². The van der Waals surface area contributed by atoms with Gasteiger partial charge >= 0.3 is 0 Å². The number of nitrogens with zero attached hydrogens (tertiary/aromatic N) is 1. The minimum Gasteiger partial charge on any atom is -0.492 e. The fourth-order valence-corrected chi connectivity index (χ4v) is 5.81. The van der Waals surface area contributed by atoms with E-state index in [0.717, 1.165) is 43.2 Å². The molecule has 0 radical (unpaired) electrons. The van der Waals surface area contributed by atoms with E-state index in [2.05, 4.69) is 11.0 Å². The van der Waals surface area contributed by atoms with Crippen molar-refractivity contribution in [2.45, 2.75) is 49.2 Å². The molecule has 6 nitrogen and oxygen atoms in total. The topological polar surface area (TPSA) is 52.7 Å². The van der Waals surface area contributed by atoms with Crippen molar-refractivity contribution < 1.29 is 23.7 Å². The Morgan fingerprint density at radius 2 is 2.21 bits per heavy atom. The van der Waals surface area contributed by atoms with E-state index >= 15 is 0 Å². The summed E-state index contributed by atoms with van der Waals surface area (Å²) in [5, 5.41) is 0. The average Bonchev–Trinajstić information content (AvgIpc) is 3.20. The van der Waals surface area contributed by atoms with Crippen molar-refractivity contribution in [3.63, 3.8) is 0 Å². The molecule has 6 heteroatoms. The first kappa shape index (κ1) is 13.8. The van der Waals surface area contributed by atoms with Gasteiger partial charge in [0.2, 0.25) is 12.5 Å². The molecule has 3 fully saturated rings. The number of epoxide rings is 1. The molecule has 1 unspecified atom stereocenters. The van der Waals surface area contributed by atoms with E-state index < -0.39 is 0 Å². The van der Waals surface area contributed by atoms with E-state index in [4.69, 9.17) is 23.7 Å². The minimum atomic E-state index is -0.000394. The fraction of sp³-hybridized carbons (Fsp3) is 0.667. The number of hydrogen-bond acceptors (Lipinski definition) is 6. The number of rotatable bonds is 2. The third-order valence-electron chi connectivity index (χ3n) is 6.75. The average molecular weight is 331 g/mol. The quantitative estimate of drug-likeness (QED) is 0.765. The van der Waals surface area contributed by atoms with Crippen LogP contribution in [-0.2, 0) is 21.4 Å². The smallest absolute Gasteiger partial charge is 0.231 e. The fourth-order valence-electron chi connectivity index (χ4n) is 5.81. The highest BCUT2D eigenvalue weighted by Crippen LogP contribution is 2.64. The zero-order valence-electron chi connectivity index (χ0n) is 13.9. The van der Waals surface area contributed by atoms with Gasteiger partial charge in [-0.3, -0.25) is 4.90 Å². The summed E-state index contributed by atoms with van der Waals surface area (Å²) in [7, 11) is 3.53. The van der Waals surface area contributed by atoms with Crippen molar-refractivity contribution in [1.29, 1.82) is 0 Å². The molecule has 1 aliphatic carbocycles. The van der Waals surface area contributed by atoms with Crippen LogP contribution < -0.4 is 14.2 Å². The lowest BCUT2D eigenvalue weighted by Crippen LogP contribution is -2.56. The normalized spacial score (nSPS) is 43.0. The lowest BCUT2D eigenvalue weighted by molar-refractivity contribution is 0.0245. The standard InChI is InChI=1S/C18H21NO5/c1-20-10-6-12-18(17-15(10)24-17)3-4-19(12)7-9-5-11-14(23-8-22-11)16(21-2)13(9)18/h5,10,12,15,17H,3-4,6-8H2,1-2H3/t10-,12-,15+,17+,18-/m1/s1. The summed E-state index contributed by atoms with van der Waals surface area (Å²) in [4.78, 5) is 2.59. The van der Waals surface area contributed by atoms with Gasteiger partial charge in [-0.05, 0) is 31.0 Å². The Balaban J connectivity index is 1.59. The first-order chi connectivity index (χ1) is 11.8. The number of benzene rings is 1. The molecule has 2 saturated heterocycles. The zero-order chi connectivity index (χ0) is 16.1. The molecule has 6 atom stereocenters. The summed E-state index contributed by atoms with van der Waals surface area (Å²) in [6.45, 7) is 2.30. The van der Waals surface area contributed by atoms with Crippen LogP contribution in [0.3, 0.4) is 0 Å². The van der Waals surface area contributed by atoms with Gasteiger partial charge in [0.05, 0.1) is 19.3 Å². The molecule has 128 valence electrons.